The lowest BCUT2D eigenvalue weighted by Crippen LogP contribution is -2.34. The second-order valence-corrected chi connectivity index (χ2v) is 7.54. The van der Waals surface area contributed by atoms with Crippen molar-refractivity contribution in [2.75, 3.05) is 13.7 Å². The number of nitrogens with zero attached hydrogens (tertiary/aromatic N) is 1. The number of imidazole rings is 1. The quantitative estimate of drug-likeness (QED) is 0.648. The second kappa shape index (κ2) is 8.46. The minimum absolute atomic E-state index is 0.0522. The first kappa shape index (κ1) is 18.5. The normalized spacial score (nSPS) is 15.6. The molecule has 1 fully saturated rings. The van der Waals surface area contributed by atoms with Gasteiger partial charge in [0.1, 0.15) is 11.6 Å². The van der Waals surface area contributed by atoms with Crippen molar-refractivity contribution in [3.05, 3.63) is 59.9 Å². The summed E-state index contributed by atoms with van der Waals surface area (Å²) in [6.45, 7) is 0.575. The van der Waals surface area contributed by atoms with Gasteiger partial charge in [0.15, 0.2) is 0 Å². The Morgan fingerprint density at radius 2 is 2.00 bits per heavy atom. The van der Waals surface area contributed by atoms with Gasteiger partial charge in [-0.05, 0) is 36.5 Å². The number of H-pyrrole nitrogens is 1. The van der Waals surface area contributed by atoms with Crippen LogP contribution in [0.5, 0.6) is 5.75 Å². The molecule has 0 bridgehead atoms. The molecule has 5 nitrogen and oxygen atoms in total. The van der Waals surface area contributed by atoms with Crippen LogP contribution in [-0.2, 0) is 11.2 Å². The number of nitrogens with one attached hydrogen (secondary N) is 2. The fraction of sp³-hybridized carbons (Fsp3) is 0.391. The van der Waals surface area contributed by atoms with Crippen LogP contribution in [0.4, 0.5) is 0 Å². The van der Waals surface area contributed by atoms with E-state index in [0.29, 0.717) is 18.9 Å². The number of rotatable bonds is 7. The van der Waals surface area contributed by atoms with Gasteiger partial charge in [-0.3, -0.25) is 4.79 Å². The smallest absolute Gasteiger partial charge is 0.227 e. The molecular weight excluding hydrogens is 350 g/mol. The molecule has 0 spiro atoms. The summed E-state index contributed by atoms with van der Waals surface area (Å²) in [5.74, 6) is 2.21. The van der Waals surface area contributed by atoms with E-state index in [1.807, 2.05) is 36.4 Å². The fourth-order valence-corrected chi connectivity index (χ4v) is 4.29. The standard InChI is InChI=1S/C23H27N3O2/c1-28-18-11-12-19-20(15-18)26-21(25-19)13-14-24-23(27)22(17-9-5-6-10-17)16-7-3-2-4-8-16/h2-4,7-8,11-12,15,17,22H,5-6,9-10,13-14H2,1H3,(H,24,27)(H,25,26). The first-order valence-electron chi connectivity index (χ1n) is 10.1. The number of hydrogen-bond acceptors (Lipinski definition) is 3. The molecule has 1 atom stereocenters. The van der Waals surface area contributed by atoms with Crippen molar-refractivity contribution in [3.63, 3.8) is 0 Å². The molecular formula is C23H27N3O2. The van der Waals surface area contributed by atoms with Gasteiger partial charge < -0.3 is 15.0 Å². The van der Waals surface area contributed by atoms with E-state index in [0.717, 1.165) is 41.0 Å². The minimum Gasteiger partial charge on any atom is -0.497 e. The summed E-state index contributed by atoms with van der Waals surface area (Å²) >= 11 is 0. The van der Waals surface area contributed by atoms with Crippen molar-refractivity contribution in [2.45, 2.75) is 38.0 Å². The molecule has 4 rings (SSSR count). The summed E-state index contributed by atoms with van der Waals surface area (Å²) in [5, 5.41) is 3.15. The van der Waals surface area contributed by atoms with E-state index in [1.165, 1.54) is 12.8 Å². The zero-order chi connectivity index (χ0) is 19.3. The fourth-order valence-electron chi connectivity index (χ4n) is 4.29. The molecule has 2 N–H and O–H groups in total. The predicted molar refractivity (Wildman–Crippen MR) is 111 cm³/mol. The summed E-state index contributed by atoms with van der Waals surface area (Å²) in [4.78, 5) is 20.9. The highest BCUT2D eigenvalue weighted by atomic mass is 16.5. The SMILES string of the molecule is COc1ccc2nc(CCNC(=O)C(c3ccccc3)C3CCCC3)[nH]c2c1. The zero-order valence-corrected chi connectivity index (χ0v) is 16.3. The maximum atomic E-state index is 13.0. The Kier molecular flexibility index (Phi) is 5.60. The Morgan fingerprint density at radius 3 is 2.75 bits per heavy atom. The van der Waals surface area contributed by atoms with Gasteiger partial charge in [-0.25, -0.2) is 4.98 Å². The summed E-state index contributed by atoms with van der Waals surface area (Å²) < 4.78 is 5.26. The van der Waals surface area contributed by atoms with Gasteiger partial charge in [0.2, 0.25) is 5.91 Å². The first-order chi connectivity index (χ1) is 13.7. The van der Waals surface area contributed by atoms with Gasteiger partial charge in [0.25, 0.3) is 0 Å². The van der Waals surface area contributed by atoms with E-state index >= 15 is 0 Å². The Balaban J connectivity index is 1.41. The average Bonchev–Trinajstić information content (AvgIpc) is 3.38. The Labute approximate surface area is 165 Å². The molecule has 1 aliphatic carbocycles. The molecule has 1 amide bonds. The third kappa shape index (κ3) is 4.03. The van der Waals surface area contributed by atoms with Gasteiger partial charge in [-0.15, -0.1) is 0 Å². The zero-order valence-electron chi connectivity index (χ0n) is 16.3. The number of hydrogen-bond donors (Lipinski definition) is 2. The molecule has 2 aromatic carbocycles. The summed E-state index contributed by atoms with van der Waals surface area (Å²) in [7, 11) is 1.65. The lowest BCUT2D eigenvalue weighted by Gasteiger charge is -2.23. The average molecular weight is 377 g/mol. The highest BCUT2D eigenvalue weighted by molar-refractivity contribution is 5.84. The maximum absolute atomic E-state index is 13.0. The van der Waals surface area contributed by atoms with Crippen LogP contribution in [0, 0.1) is 5.92 Å². The van der Waals surface area contributed by atoms with Crippen LogP contribution in [0.25, 0.3) is 11.0 Å². The molecule has 5 heteroatoms. The van der Waals surface area contributed by atoms with Crippen molar-refractivity contribution in [1.29, 1.82) is 0 Å². The molecule has 0 saturated heterocycles. The number of aromatic amines is 1. The van der Waals surface area contributed by atoms with Gasteiger partial charge in [0.05, 0.1) is 24.1 Å². The molecule has 1 unspecified atom stereocenters. The number of methoxy groups -OCH3 is 1. The third-order valence-corrected chi connectivity index (χ3v) is 5.71. The van der Waals surface area contributed by atoms with Crippen molar-refractivity contribution < 1.29 is 9.53 Å². The number of carbonyl (C=O) groups is 1. The topological polar surface area (TPSA) is 67.0 Å². The van der Waals surface area contributed by atoms with Crippen LogP contribution in [0.1, 0.15) is 43.0 Å². The minimum atomic E-state index is -0.0522. The van der Waals surface area contributed by atoms with E-state index < -0.39 is 0 Å². The predicted octanol–water partition coefficient (Wildman–Crippen LogP) is 4.20. The number of amides is 1. The van der Waals surface area contributed by atoms with E-state index in [4.69, 9.17) is 4.74 Å². The van der Waals surface area contributed by atoms with Crippen LogP contribution in [0.3, 0.4) is 0 Å². The number of fused-ring (bicyclic) bond motifs is 1. The molecule has 0 aliphatic heterocycles. The monoisotopic (exact) mass is 377 g/mol. The summed E-state index contributed by atoms with van der Waals surface area (Å²) in [6.07, 6.45) is 5.40. The Morgan fingerprint density at radius 1 is 1.21 bits per heavy atom. The van der Waals surface area contributed by atoms with Crippen molar-refractivity contribution in [2.24, 2.45) is 5.92 Å². The summed E-state index contributed by atoms with van der Waals surface area (Å²) in [6, 6.07) is 16.0. The van der Waals surface area contributed by atoms with Gasteiger partial charge in [-0.2, -0.15) is 0 Å². The number of ether oxygens (including phenoxy) is 1. The van der Waals surface area contributed by atoms with E-state index in [1.54, 1.807) is 7.11 Å². The highest BCUT2D eigenvalue weighted by Gasteiger charge is 2.31. The van der Waals surface area contributed by atoms with Crippen LogP contribution in [0.2, 0.25) is 0 Å². The number of benzene rings is 2. The van der Waals surface area contributed by atoms with Crippen LogP contribution in [-0.4, -0.2) is 29.5 Å². The molecule has 1 aromatic heterocycles. The molecule has 28 heavy (non-hydrogen) atoms. The van der Waals surface area contributed by atoms with Gasteiger partial charge in [-0.1, -0.05) is 43.2 Å². The molecule has 1 aliphatic rings. The lowest BCUT2D eigenvalue weighted by molar-refractivity contribution is -0.123. The van der Waals surface area contributed by atoms with E-state index in [9.17, 15) is 4.79 Å². The second-order valence-electron chi connectivity index (χ2n) is 7.54. The Bertz CT molecular complexity index is 929. The molecule has 1 heterocycles. The van der Waals surface area contributed by atoms with Crippen LogP contribution in [0.15, 0.2) is 48.5 Å². The van der Waals surface area contributed by atoms with Crippen LogP contribution >= 0.6 is 0 Å². The largest absolute Gasteiger partial charge is 0.497 e. The Hall–Kier alpha value is -2.82. The van der Waals surface area contributed by atoms with Gasteiger partial charge >= 0.3 is 0 Å². The number of carbonyl (C=O) groups excluding carboxylic acids is 1. The van der Waals surface area contributed by atoms with E-state index in [2.05, 4.69) is 27.4 Å². The molecule has 0 radical (unpaired) electrons. The van der Waals surface area contributed by atoms with Crippen molar-refractivity contribution in [1.82, 2.24) is 15.3 Å². The lowest BCUT2D eigenvalue weighted by atomic mass is 9.84. The van der Waals surface area contributed by atoms with Crippen molar-refractivity contribution >= 4 is 16.9 Å². The third-order valence-electron chi connectivity index (χ3n) is 5.71. The first-order valence-corrected chi connectivity index (χ1v) is 10.1. The maximum Gasteiger partial charge on any atom is 0.227 e. The number of aromatic nitrogens is 2. The molecule has 146 valence electrons. The highest BCUT2D eigenvalue weighted by Crippen LogP contribution is 2.37. The molecule has 3 aromatic rings. The van der Waals surface area contributed by atoms with Crippen LogP contribution < -0.4 is 10.1 Å². The molecule has 1 saturated carbocycles. The van der Waals surface area contributed by atoms with E-state index in [-0.39, 0.29) is 11.8 Å². The summed E-state index contributed by atoms with van der Waals surface area (Å²) in [5.41, 5.74) is 2.99. The van der Waals surface area contributed by atoms with Crippen molar-refractivity contribution in [3.8, 4) is 5.75 Å². The van der Waals surface area contributed by atoms with Gasteiger partial charge in [0, 0.05) is 19.0 Å².